The van der Waals surface area contributed by atoms with E-state index in [9.17, 15) is 9.59 Å². The highest BCUT2D eigenvalue weighted by atomic mass is 16.5. The number of carbonyl (C=O) groups is 2. The molecule has 0 heterocycles. The van der Waals surface area contributed by atoms with E-state index in [0.29, 0.717) is 5.56 Å². The van der Waals surface area contributed by atoms with Crippen molar-refractivity contribution in [2.75, 3.05) is 14.2 Å². The zero-order valence-electron chi connectivity index (χ0n) is 11.6. The summed E-state index contributed by atoms with van der Waals surface area (Å²) in [5, 5.41) is 9.05. The zero-order chi connectivity index (χ0) is 15.4. The summed E-state index contributed by atoms with van der Waals surface area (Å²) in [6, 6.07) is 11.7. The zero-order valence-corrected chi connectivity index (χ0v) is 11.6. The molecule has 0 saturated heterocycles. The van der Waals surface area contributed by atoms with Crippen LogP contribution < -0.4 is 4.74 Å². The van der Waals surface area contributed by atoms with Crippen molar-refractivity contribution in [2.45, 2.75) is 0 Å². The molecule has 0 bridgehead atoms. The van der Waals surface area contributed by atoms with E-state index in [1.807, 2.05) is 0 Å². The van der Waals surface area contributed by atoms with E-state index in [-0.39, 0.29) is 11.3 Å². The Hall–Kier alpha value is -2.82. The molecule has 108 valence electrons. The van der Waals surface area contributed by atoms with Gasteiger partial charge in [0.25, 0.3) is 0 Å². The molecule has 2 aromatic carbocycles. The van der Waals surface area contributed by atoms with Crippen molar-refractivity contribution < 1.29 is 24.2 Å². The van der Waals surface area contributed by atoms with E-state index in [4.69, 9.17) is 9.84 Å². The smallest absolute Gasteiger partial charge is 0.339 e. The summed E-state index contributed by atoms with van der Waals surface area (Å²) in [4.78, 5) is 22.4. The van der Waals surface area contributed by atoms with Gasteiger partial charge in [-0.05, 0) is 35.4 Å². The Morgan fingerprint density at radius 3 is 2.10 bits per heavy atom. The fourth-order valence-electron chi connectivity index (χ4n) is 1.96. The SMILES string of the molecule is COC(=O)c1ccc(-c2ccc(C(=O)O)c(OC)c2)cc1. The first-order valence-corrected chi connectivity index (χ1v) is 6.17. The Bertz CT molecular complexity index is 674. The Kier molecular flexibility index (Phi) is 4.23. The van der Waals surface area contributed by atoms with Gasteiger partial charge in [-0.3, -0.25) is 0 Å². The van der Waals surface area contributed by atoms with Gasteiger partial charge in [0.05, 0.1) is 19.8 Å². The average molecular weight is 286 g/mol. The Morgan fingerprint density at radius 2 is 1.57 bits per heavy atom. The first-order chi connectivity index (χ1) is 10.1. The molecule has 5 nitrogen and oxygen atoms in total. The maximum Gasteiger partial charge on any atom is 0.339 e. The van der Waals surface area contributed by atoms with Crippen molar-refractivity contribution in [1.82, 2.24) is 0 Å². The molecule has 0 aromatic heterocycles. The summed E-state index contributed by atoms with van der Waals surface area (Å²) >= 11 is 0. The number of esters is 1. The minimum absolute atomic E-state index is 0.104. The summed E-state index contributed by atoms with van der Waals surface area (Å²) in [6.07, 6.45) is 0. The lowest BCUT2D eigenvalue weighted by Gasteiger charge is -2.08. The third-order valence-corrected chi connectivity index (χ3v) is 3.07. The predicted molar refractivity (Wildman–Crippen MR) is 76.7 cm³/mol. The maximum atomic E-state index is 11.4. The minimum Gasteiger partial charge on any atom is -0.496 e. The highest BCUT2D eigenvalue weighted by Crippen LogP contribution is 2.27. The van der Waals surface area contributed by atoms with E-state index in [1.54, 1.807) is 36.4 Å². The van der Waals surface area contributed by atoms with Gasteiger partial charge >= 0.3 is 11.9 Å². The first kappa shape index (κ1) is 14.6. The molecule has 0 unspecified atom stereocenters. The lowest BCUT2D eigenvalue weighted by Crippen LogP contribution is -2.01. The summed E-state index contributed by atoms with van der Waals surface area (Å²) in [5.41, 5.74) is 2.20. The van der Waals surface area contributed by atoms with Crippen molar-refractivity contribution in [3.05, 3.63) is 53.6 Å². The number of hydrogen-bond acceptors (Lipinski definition) is 4. The van der Waals surface area contributed by atoms with Gasteiger partial charge in [-0.15, -0.1) is 0 Å². The van der Waals surface area contributed by atoms with Crippen LogP contribution in [0.3, 0.4) is 0 Å². The molecule has 0 saturated carbocycles. The quantitative estimate of drug-likeness (QED) is 0.875. The molecule has 0 aliphatic heterocycles. The van der Waals surface area contributed by atoms with Crippen molar-refractivity contribution >= 4 is 11.9 Å². The van der Waals surface area contributed by atoms with E-state index >= 15 is 0 Å². The number of rotatable bonds is 4. The number of carbonyl (C=O) groups excluding carboxylic acids is 1. The molecule has 0 amide bonds. The third-order valence-electron chi connectivity index (χ3n) is 3.07. The van der Waals surface area contributed by atoms with Gasteiger partial charge < -0.3 is 14.6 Å². The fraction of sp³-hybridized carbons (Fsp3) is 0.125. The van der Waals surface area contributed by atoms with Crippen LogP contribution in [0.5, 0.6) is 5.75 Å². The second-order valence-corrected chi connectivity index (χ2v) is 4.29. The van der Waals surface area contributed by atoms with E-state index in [1.165, 1.54) is 20.3 Å². The predicted octanol–water partition coefficient (Wildman–Crippen LogP) is 2.85. The van der Waals surface area contributed by atoms with Crippen LogP contribution in [0.25, 0.3) is 11.1 Å². The lowest BCUT2D eigenvalue weighted by molar-refractivity contribution is 0.0599. The molecule has 2 aromatic rings. The summed E-state index contributed by atoms with van der Waals surface area (Å²) in [6.45, 7) is 0. The Balaban J connectivity index is 2.38. The van der Waals surface area contributed by atoms with Crippen LogP contribution in [-0.2, 0) is 4.74 Å². The highest BCUT2D eigenvalue weighted by molar-refractivity contribution is 5.92. The van der Waals surface area contributed by atoms with Crippen LogP contribution in [-0.4, -0.2) is 31.3 Å². The van der Waals surface area contributed by atoms with Gasteiger partial charge in [-0.2, -0.15) is 0 Å². The van der Waals surface area contributed by atoms with Crippen LogP contribution >= 0.6 is 0 Å². The van der Waals surface area contributed by atoms with Crippen molar-refractivity contribution in [1.29, 1.82) is 0 Å². The number of methoxy groups -OCH3 is 2. The minimum atomic E-state index is -1.04. The standard InChI is InChI=1S/C16H14O5/c1-20-14-9-12(7-8-13(14)15(17)18)10-3-5-11(6-4-10)16(19)21-2/h3-9H,1-2H3,(H,17,18). The average Bonchev–Trinajstić information content (AvgIpc) is 2.53. The van der Waals surface area contributed by atoms with E-state index in [0.717, 1.165) is 11.1 Å². The second-order valence-electron chi connectivity index (χ2n) is 4.29. The molecular formula is C16H14O5. The summed E-state index contributed by atoms with van der Waals surface area (Å²) in [5.74, 6) is -1.16. The molecule has 0 radical (unpaired) electrons. The number of carboxylic acids is 1. The third kappa shape index (κ3) is 3.02. The van der Waals surface area contributed by atoms with E-state index < -0.39 is 11.9 Å². The number of benzene rings is 2. The number of carboxylic acid groups (broad SMARTS) is 1. The van der Waals surface area contributed by atoms with Crippen LogP contribution in [0.15, 0.2) is 42.5 Å². The fourth-order valence-corrected chi connectivity index (χ4v) is 1.96. The molecule has 0 atom stereocenters. The van der Waals surface area contributed by atoms with Gasteiger partial charge in [-0.1, -0.05) is 18.2 Å². The molecular weight excluding hydrogens is 272 g/mol. The second kappa shape index (κ2) is 6.09. The summed E-state index contributed by atoms with van der Waals surface area (Å²) < 4.78 is 9.73. The van der Waals surface area contributed by atoms with Crippen LogP contribution in [0.4, 0.5) is 0 Å². The largest absolute Gasteiger partial charge is 0.496 e. The molecule has 0 spiro atoms. The summed E-state index contributed by atoms with van der Waals surface area (Å²) in [7, 11) is 2.75. The lowest BCUT2D eigenvalue weighted by atomic mass is 10.0. The van der Waals surface area contributed by atoms with Crippen molar-refractivity contribution in [3.8, 4) is 16.9 Å². The molecule has 1 N–H and O–H groups in total. The van der Waals surface area contributed by atoms with Crippen molar-refractivity contribution in [2.24, 2.45) is 0 Å². The first-order valence-electron chi connectivity index (χ1n) is 6.17. The van der Waals surface area contributed by atoms with Crippen LogP contribution in [0, 0.1) is 0 Å². The Labute approximate surface area is 121 Å². The van der Waals surface area contributed by atoms with Gasteiger partial charge in [0.15, 0.2) is 0 Å². The van der Waals surface area contributed by atoms with Gasteiger partial charge in [0.1, 0.15) is 11.3 Å². The molecule has 5 heteroatoms. The topological polar surface area (TPSA) is 72.8 Å². The van der Waals surface area contributed by atoms with Gasteiger partial charge in [0.2, 0.25) is 0 Å². The van der Waals surface area contributed by atoms with Crippen LogP contribution in [0.2, 0.25) is 0 Å². The maximum absolute atomic E-state index is 11.4. The molecule has 21 heavy (non-hydrogen) atoms. The molecule has 0 aliphatic carbocycles. The Morgan fingerprint density at radius 1 is 0.952 bits per heavy atom. The normalized spacial score (nSPS) is 10.0. The van der Waals surface area contributed by atoms with E-state index in [2.05, 4.69) is 4.74 Å². The molecule has 2 rings (SSSR count). The number of aromatic carboxylic acids is 1. The van der Waals surface area contributed by atoms with Crippen LogP contribution in [0.1, 0.15) is 20.7 Å². The van der Waals surface area contributed by atoms with Crippen molar-refractivity contribution in [3.63, 3.8) is 0 Å². The van der Waals surface area contributed by atoms with Gasteiger partial charge in [-0.25, -0.2) is 9.59 Å². The molecule has 0 fully saturated rings. The number of hydrogen-bond donors (Lipinski definition) is 1. The monoisotopic (exact) mass is 286 g/mol. The molecule has 0 aliphatic rings. The van der Waals surface area contributed by atoms with Gasteiger partial charge in [0, 0.05) is 0 Å². The number of ether oxygens (including phenoxy) is 2. The highest BCUT2D eigenvalue weighted by Gasteiger charge is 2.12.